The van der Waals surface area contributed by atoms with Gasteiger partial charge in [-0.25, -0.2) is 17.5 Å². The van der Waals surface area contributed by atoms with Crippen molar-refractivity contribution in [3.63, 3.8) is 0 Å². The Hall–Kier alpha value is -3.70. The summed E-state index contributed by atoms with van der Waals surface area (Å²) in [7, 11) is 0.686. The van der Waals surface area contributed by atoms with E-state index in [1.54, 1.807) is 37.5 Å². The molecule has 2 aromatic carbocycles. The van der Waals surface area contributed by atoms with Gasteiger partial charge in [-0.15, -0.1) is 0 Å². The summed E-state index contributed by atoms with van der Waals surface area (Å²) in [6.07, 6.45) is 2.85. The van der Waals surface area contributed by atoms with E-state index in [0.717, 1.165) is 9.87 Å². The zero-order valence-electron chi connectivity index (χ0n) is 19.3. The van der Waals surface area contributed by atoms with Crippen molar-refractivity contribution in [2.75, 3.05) is 33.1 Å². The SMILES string of the molecule is COc1ccc(/C=C/C(=O)N[C@@H](C)C(=O)OCC(=O)Nc2cccc(S(=O)(=O)N(C)C)c2)cc1. The highest BCUT2D eigenvalue weighted by atomic mass is 32.2. The van der Waals surface area contributed by atoms with Crippen LogP contribution in [0.25, 0.3) is 6.08 Å². The van der Waals surface area contributed by atoms with Crippen LogP contribution in [0.15, 0.2) is 59.5 Å². The van der Waals surface area contributed by atoms with Crippen molar-refractivity contribution in [1.29, 1.82) is 0 Å². The van der Waals surface area contributed by atoms with Gasteiger partial charge in [-0.1, -0.05) is 18.2 Å². The van der Waals surface area contributed by atoms with Gasteiger partial charge in [0.1, 0.15) is 11.8 Å². The van der Waals surface area contributed by atoms with Gasteiger partial charge in [-0.05, 0) is 48.9 Å². The molecule has 2 N–H and O–H groups in total. The normalized spacial score (nSPS) is 12.3. The van der Waals surface area contributed by atoms with Crippen molar-refractivity contribution in [3.05, 3.63) is 60.2 Å². The number of carbonyl (C=O) groups is 3. The molecule has 0 fully saturated rings. The molecule has 0 aliphatic rings. The van der Waals surface area contributed by atoms with Crippen LogP contribution in [0.1, 0.15) is 12.5 Å². The van der Waals surface area contributed by atoms with Gasteiger partial charge in [-0.3, -0.25) is 9.59 Å². The summed E-state index contributed by atoms with van der Waals surface area (Å²) in [5.41, 5.74) is 0.999. The highest BCUT2D eigenvalue weighted by Crippen LogP contribution is 2.18. The van der Waals surface area contributed by atoms with Crippen molar-refractivity contribution >= 4 is 39.6 Å². The molecule has 0 unspecified atom stereocenters. The number of hydrogen-bond acceptors (Lipinski definition) is 7. The van der Waals surface area contributed by atoms with E-state index < -0.39 is 40.5 Å². The van der Waals surface area contributed by atoms with Crippen LogP contribution in [0.4, 0.5) is 5.69 Å². The minimum absolute atomic E-state index is 0.00586. The van der Waals surface area contributed by atoms with E-state index in [4.69, 9.17) is 9.47 Å². The van der Waals surface area contributed by atoms with Crippen molar-refractivity contribution in [1.82, 2.24) is 9.62 Å². The molecule has 0 saturated heterocycles. The van der Waals surface area contributed by atoms with E-state index in [2.05, 4.69) is 10.6 Å². The van der Waals surface area contributed by atoms with Gasteiger partial charge in [0.15, 0.2) is 6.61 Å². The number of esters is 1. The maximum atomic E-state index is 12.2. The Morgan fingerprint density at radius 2 is 1.76 bits per heavy atom. The Morgan fingerprint density at radius 1 is 1.09 bits per heavy atom. The summed E-state index contributed by atoms with van der Waals surface area (Å²) in [5, 5.41) is 4.92. The summed E-state index contributed by atoms with van der Waals surface area (Å²) in [5.74, 6) is -1.28. The lowest BCUT2D eigenvalue weighted by atomic mass is 10.2. The number of benzene rings is 2. The second-order valence-electron chi connectivity index (χ2n) is 7.31. The van der Waals surface area contributed by atoms with Gasteiger partial charge in [0, 0.05) is 25.9 Å². The molecule has 2 rings (SSSR count). The van der Waals surface area contributed by atoms with Crippen molar-refractivity contribution in [3.8, 4) is 5.75 Å². The Balaban J connectivity index is 1.83. The van der Waals surface area contributed by atoms with Crippen molar-refractivity contribution in [2.24, 2.45) is 0 Å². The molecule has 10 nitrogen and oxygen atoms in total. The third-order valence-corrected chi connectivity index (χ3v) is 6.31. The number of rotatable bonds is 10. The lowest BCUT2D eigenvalue weighted by molar-refractivity contribution is -0.149. The van der Waals surface area contributed by atoms with Gasteiger partial charge in [0.05, 0.1) is 12.0 Å². The fraction of sp³-hybridized carbons (Fsp3) is 0.261. The fourth-order valence-corrected chi connectivity index (χ4v) is 3.56. The summed E-state index contributed by atoms with van der Waals surface area (Å²) in [4.78, 5) is 36.2. The van der Waals surface area contributed by atoms with E-state index in [0.29, 0.717) is 5.75 Å². The van der Waals surface area contributed by atoms with Crippen LogP contribution in [0.5, 0.6) is 5.75 Å². The Bertz CT molecular complexity index is 1160. The molecule has 11 heteroatoms. The average molecular weight is 490 g/mol. The standard InChI is InChI=1S/C23H27N3O7S/c1-16(24-21(27)13-10-17-8-11-19(32-4)12-9-17)23(29)33-15-22(28)25-18-6-5-7-20(14-18)34(30,31)26(2)3/h5-14,16H,15H2,1-4H3,(H,24,27)(H,25,28)/b13-10+/t16-/m0/s1. The number of sulfonamides is 1. The van der Waals surface area contributed by atoms with E-state index in [-0.39, 0.29) is 10.6 Å². The van der Waals surface area contributed by atoms with E-state index >= 15 is 0 Å². The van der Waals surface area contributed by atoms with Gasteiger partial charge in [-0.2, -0.15) is 0 Å². The second kappa shape index (κ2) is 12.0. The number of methoxy groups -OCH3 is 1. The number of hydrogen-bond donors (Lipinski definition) is 2. The molecular formula is C23H27N3O7S. The first-order chi connectivity index (χ1) is 16.0. The molecule has 0 bridgehead atoms. The number of amides is 2. The minimum Gasteiger partial charge on any atom is -0.497 e. The zero-order valence-corrected chi connectivity index (χ0v) is 20.1. The molecule has 182 valence electrons. The van der Waals surface area contributed by atoms with Crippen LogP contribution in [0, 0.1) is 0 Å². The van der Waals surface area contributed by atoms with Crippen molar-refractivity contribution in [2.45, 2.75) is 17.9 Å². The van der Waals surface area contributed by atoms with Crippen LogP contribution >= 0.6 is 0 Å². The summed E-state index contributed by atoms with van der Waals surface area (Å²) in [6, 6.07) is 11.7. The second-order valence-corrected chi connectivity index (χ2v) is 9.46. The van der Waals surface area contributed by atoms with Gasteiger partial charge >= 0.3 is 5.97 Å². The summed E-state index contributed by atoms with van der Waals surface area (Å²) >= 11 is 0. The molecule has 2 amide bonds. The molecule has 0 spiro atoms. The third kappa shape index (κ3) is 7.71. The van der Waals surface area contributed by atoms with Crippen LogP contribution in [0.3, 0.4) is 0 Å². The van der Waals surface area contributed by atoms with Crippen LogP contribution in [0.2, 0.25) is 0 Å². The minimum atomic E-state index is -3.66. The van der Waals surface area contributed by atoms with Crippen LogP contribution in [-0.2, 0) is 29.1 Å². The number of carbonyl (C=O) groups excluding carboxylic acids is 3. The van der Waals surface area contributed by atoms with E-state index in [1.165, 1.54) is 51.4 Å². The molecule has 0 aliphatic carbocycles. The quantitative estimate of drug-likeness (QED) is 0.383. The van der Waals surface area contributed by atoms with Crippen LogP contribution < -0.4 is 15.4 Å². The first-order valence-corrected chi connectivity index (χ1v) is 11.6. The summed E-state index contributed by atoms with van der Waals surface area (Å²) in [6.45, 7) is 0.820. The Morgan fingerprint density at radius 3 is 2.38 bits per heavy atom. The molecule has 34 heavy (non-hydrogen) atoms. The topological polar surface area (TPSA) is 131 Å². The number of nitrogens with one attached hydrogen (secondary N) is 2. The number of anilines is 1. The lowest BCUT2D eigenvalue weighted by Crippen LogP contribution is -2.39. The average Bonchev–Trinajstić information content (AvgIpc) is 2.81. The molecule has 0 heterocycles. The maximum absolute atomic E-state index is 12.2. The van der Waals surface area contributed by atoms with E-state index in [9.17, 15) is 22.8 Å². The Labute approximate surface area is 198 Å². The van der Waals surface area contributed by atoms with Crippen molar-refractivity contribution < 1.29 is 32.3 Å². The monoisotopic (exact) mass is 489 g/mol. The highest BCUT2D eigenvalue weighted by molar-refractivity contribution is 7.89. The third-order valence-electron chi connectivity index (χ3n) is 4.50. The molecular weight excluding hydrogens is 462 g/mol. The Kier molecular flexibility index (Phi) is 9.34. The molecule has 2 aromatic rings. The smallest absolute Gasteiger partial charge is 0.328 e. The maximum Gasteiger partial charge on any atom is 0.328 e. The first kappa shape index (κ1) is 26.6. The molecule has 1 atom stereocenters. The molecule has 0 aliphatic heterocycles. The zero-order chi connectivity index (χ0) is 25.3. The predicted molar refractivity (Wildman–Crippen MR) is 127 cm³/mol. The fourth-order valence-electron chi connectivity index (χ4n) is 2.61. The number of ether oxygens (including phenoxy) is 2. The van der Waals surface area contributed by atoms with Gasteiger partial charge < -0.3 is 20.1 Å². The lowest BCUT2D eigenvalue weighted by Gasteiger charge is -2.14. The highest BCUT2D eigenvalue weighted by Gasteiger charge is 2.19. The van der Waals surface area contributed by atoms with Gasteiger partial charge in [0.2, 0.25) is 15.9 Å². The molecule has 0 saturated carbocycles. The number of nitrogens with zero attached hydrogens (tertiary/aromatic N) is 1. The van der Waals surface area contributed by atoms with E-state index in [1.807, 2.05) is 0 Å². The van der Waals surface area contributed by atoms with Gasteiger partial charge in [0.25, 0.3) is 5.91 Å². The molecule has 0 aromatic heterocycles. The first-order valence-electron chi connectivity index (χ1n) is 10.1. The summed E-state index contributed by atoms with van der Waals surface area (Å²) < 4.78 is 35.5. The predicted octanol–water partition coefficient (Wildman–Crippen LogP) is 1.65. The van der Waals surface area contributed by atoms with Crippen LogP contribution in [-0.4, -0.2) is 64.4 Å². The largest absolute Gasteiger partial charge is 0.497 e. The molecule has 0 radical (unpaired) electrons.